The Bertz CT molecular complexity index is 577. The van der Waals surface area contributed by atoms with Gasteiger partial charge in [0.25, 0.3) is 0 Å². The lowest BCUT2D eigenvalue weighted by atomic mass is 10.3. The largest absolute Gasteiger partial charge is 0.487 e. The number of sulfonamides is 1. The fourth-order valence-electron chi connectivity index (χ4n) is 2.19. The van der Waals surface area contributed by atoms with Crippen LogP contribution >= 0.6 is 11.6 Å². The molecule has 1 aromatic carbocycles. The molecule has 0 amide bonds. The highest BCUT2D eigenvalue weighted by atomic mass is 35.5. The zero-order valence-electron chi connectivity index (χ0n) is 12.3. The molecule has 0 unspecified atom stereocenters. The zero-order chi connectivity index (χ0) is 15.5. The van der Waals surface area contributed by atoms with E-state index in [4.69, 9.17) is 16.3 Å². The van der Waals surface area contributed by atoms with E-state index in [-0.39, 0.29) is 11.9 Å². The summed E-state index contributed by atoms with van der Waals surface area (Å²) in [4.78, 5) is 1.87. The number of hydrogen-bond acceptors (Lipinski definition) is 4. The minimum Gasteiger partial charge on any atom is -0.487 e. The molecular formula is C14H21ClN2O3S. The molecule has 0 saturated carbocycles. The SMILES string of the molecule is CN(C)CCS(=O)(=O)N1CC[C@H](Oc2ccccc2Cl)C1. The monoisotopic (exact) mass is 332 g/mol. The maximum atomic E-state index is 12.2. The predicted octanol–water partition coefficient (Wildman–Crippen LogP) is 1.68. The first-order valence-electron chi connectivity index (χ1n) is 6.92. The molecule has 1 atom stereocenters. The van der Waals surface area contributed by atoms with Crippen molar-refractivity contribution in [3.63, 3.8) is 0 Å². The summed E-state index contributed by atoms with van der Waals surface area (Å²) in [6.07, 6.45) is 0.547. The van der Waals surface area contributed by atoms with Gasteiger partial charge in [0.05, 0.1) is 17.3 Å². The summed E-state index contributed by atoms with van der Waals surface area (Å²) in [5.74, 6) is 0.746. The van der Waals surface area contributed by atoms with Crippen LogP contribution in [0.3, 0.4) is 0 Å². The van der Waals surface area contributed by atoms with Crippen LogP contribution < -0.4 is 4.74 Å². The highest BCUT2D eigenvalue weighted by Gasteiger charge is 2.32. The molecule has 0 spiro atoms. The Kier molecular flexibility index (Phi) is 5.48. The third-order valence-electron chi connectivity index (χ3n) is 3.43. The lowest BCUT2D eigenvalue weighted by molar-refractivity contribution is 0.215. The second-order valence-corrected chi connectivity index (χ2v) is 7.93. The molecule has 118 valence electrons. The maximum Gasteiger partial charge on any atom is 0.215 e. The summed E-state index contributed by atoms with van der Waals surface area (Å²) in [7, 11) is 0.516. The molecule has 1 aromatic rings. The van der Waals surface area contributed by atoms with Gasteiger partial charge in [-0.25, -0.2) is 8.42 Å². The van der Waals surface area contributed by atoms with Gasteiger partial charge in [-0.05, 0) is 32.6 Å². The first-order valence-corrected chi connectivity index (χ1v) is 8.91. The molecule has 1 aliphatic heterocycles. The maximum absolute atomic E-state index is 12.2. The smallest absolute Gasteiger partial charge is 0.215 e. The number of halogens is 1. The summed E-state index contributed by atoms with van der Waals surface area (Å²) >= 11 is 6.05. The Balaban J connectivity index is 1.93. The molecule has 1 aliphatic rings. The minimum atomic E-state index is -3.21. The Hall–Kier alpha value is -0.820. The van der Waals surface area contributed by atoms with Crippen molar-refractivity contribution in [1.29, 1.82) is 0 Å². The molecule has 21 heavy (non-hydrogen) atoms. The van der Waals surface area contributed by atoms with Crippen LogP contribution in [0.1, 0.15) is 6.42 Å². The van der Waals surface area contributed by atoms with Crippen molar-refractivity contribution < 1.29 is 13.2 Å². The van der Waals surface area contributed by atoms with Crippen molar-refractivity contribution in [2.45, 2.75) is 12.5 Å². The quantitative estimate of drug-likeness (QED) is 0.795. The molecule has 0 radical (unpaired) electrons. The molecule has 0 N–H and O–H groups in total. The molecule has 0 aromatic heterocycles. The lowest BCUT2D eigenvalue weighted by Crippen LogP contribution is -2.35. The van der Waals surface area contributed by atoms with E-state index in [2.05, 4.69) is 0 Å². The second kappa shape index (κ2) is 6.96. The van der Waals surface area contributed by atoms with Gasteiger partial charge in [0.15, 0.2) is 0 Å². The van der Waals surface area contributed by atoms with Gasteiger partial charge in [-0.3, -0.25) is 0 Å². The topological polar surface area (TPSA) is 49.9 Å². The van der Waals surface area contributed by atoms with Crippen LogP contribution in [-0.2, 0) is 10.0 Å². The summed E-state index contributed by atoms with van der Waals surface area (Å²) in [6.45, 7) is 1.42. The van der Waals surface area contributed by atoms with Gasteiger partial charge in [-0.2, -0.15) is 4.31 Å². The first-order chi connectivity index (χ1) is 9.88. The van der Waals surface area contributed by atoms with Crippen LogP contribution in [-0.4, -0.2) is 63.2 Å². The van der Waals surface area contributed by atoms with E-state index >= 15 is 0 Å². The Labute approximate surface area is 131 Å². The Morgan fingerprint density at radius 2 is 2.10 bits per heavy atom. The van der Waals surface area contributed by atoms with Crippen LogP contribution in [0.2, 0.25) is 5.02 Å². The molecule has 0 bridgehead atoms. The number of nitrogens with zero attached hydrogens (tertiary/aromatic N) is 2. The van der Waals surface area contributed by atoms with E-state index < -0.39 is 10.0 Å². The van der Waals surface area contributed by atoms with Crippen molar-refractivity contribution in [2.24, 2.45) is 0 Å². The van der Waals surface area contributed by atoms with Crippen molar-refractivity contribution in [3.05, 3.63) is 29.3 Å². The number of benzene rings is 1. The van der Waals surface area contributed by atoms with Crippen LogP contribution in [0.5, 0.6) is 5.75 Å². The normalized spacial score (nSPS) is 20.1. The van der Waals surface area contributed by atoms with Gasteiger partial charge in [-0.15, -0.1) is 0 Å². The molecule has 1 heterocycles. The molecule has 1 fully saturated rings. The summed E-state index contributed by atoms with van der Waals surface area (Å²) in [5, 5.41) is 0.548. The van der Waals surface area contributed by atoms with Gasteiger partial charge in [-0.1, -0.05) is 23.7 Å². The van der Waals surface area contributed by atoms with Crippen molar-refractivity contribution in [2.75, 3.05) is 39.5 Å². The highest BCUT2D eigenvalue weighted by molar-refractivity contribution is 7.89. The van der Waals surface area contributed by atoms with Crippen LogP contribution in [0, 0.1) is 0 Å². The summed E-state index contributed by atoms with van der Waals surface area (Å²) < 4.78 is 31.8. The van der Waals surface area contributed by atoms with E-state index in [1.54, 1.807) is 12.1 Å². The van der Waals surface area contributed by atoms with Crippen LogP contribution in [0.25, 0.3) is 0 Å². The van der Waals surface area contributed by atoms with E-state index in [0.29, 0.717) is 36.8 Å². The number of para-hydroxylation sites is 1. The average molecular weight is 333 g/mol. The first kappa shape index (κ1) is 16.5. The summed E-state index contributed by atoms with van der Waals surface area (Å²) in [5.41, 5.74) is 0. The van der Waals surface area contributed by atoms with E-state index in [0.717, 1.165) is 0 Å². The molecule has 1 saturated heterocycles. The molecule has 7 heteroatoms. The average Bonchev–Trinajstić information content (AvgIpc) is 2.89. The zero-order valence-corrected chi connectivity index (χ0v) is 13.9. The predicted molar refractivity (Wildman–Crippen MR) is 84.4 cm³/mol. The second-order valence-electron chi connectivity index (χ2n) is 5.44. The third kappa shape index (κ3) is 4.57. The standard InChI is InChI=1S/C14H21ClN2O3S/c1-16(2)9-10-21(18,19)17-8-7-12(11-17)20-14-6-4-3-5-13(14)15/h3-6,12H,7-11H2,1-2H3/t12-/m0/s1. The van der Waals surface area contributed by atoms with Gasteiger partial charge in [0.2, 0.25) is 10.0 Å². The third-order valence-corrected chi connectivity index (χ3v) is 5.56. The fraction of sp³-hybridized carbons (Fsp3) is 0.571. The minimum absolute atomic E-state index is 0.138. The van der Waals surface area contributed by atoms with Crippen LogP contribution in [0.4, 0.5) is 0 Å². The highest BCUT2D eigenvalue weighted by Crippen LogP contribution is 2.27. The van der Waals surface area contributed by atoms with Gasteiger partial charge in [0, 0.05) is 13.1 Å². The van der Waals surface area contributed by atoms with E-state index in [1.807, 2.05) is 31.1 Å². The molecule has 0 aliphatic carbocycles. The van der Waals surface area contributed by atoms with E-state index in [9.17, 15) is 8.42 Å². The van der Waals surface area contributed by atoms with E-state index in [1.165, 1.54) is 4.31 Å². The van der Waals surface area contributed by atoms with Gasteiger partial charge < -0.3 is 9.64 Å². The van der Waals surface area contributed by atoms with Crippen molar-refractivity contribution in [3.8, 4) is 5.75 Å². The van der Waals surface area contributed by atoms with Crippen LogP contribution in [0.15, 0.2) is 24.3 Å². The van der Waals surface area contributed by atoms with Gasteiger partial charge >= 0.3 is 0 Å². The van der Waals surface area contributed by atoms with Crippen molar-refractivity contribution >= 4 is 21.6 Å². The fourth-order valence-corrected chi connectivity index (χ4v) is 4.00. The Morgan fingerprint density at radius 3 is 2.76 bits per heavy atom. The Morgan fingerprint density at radius 1 is 1.38 bits per heavy atom. The van der Waals surface area contributed by atoms with Crippen molar-refractivity contribution in [1.82, 2.24) is 9.21 Å². The molecule has 2 rings (SSSR count). The molecular weight excluding hydrogens is 312 g/mol. The van der Waals surface area contributed by atoms with Gasteiger partial charge in [0.1, 0.15) is 11.9 Å². The molecule has 5 nitrogen and oxygen atoms in total. The lowest BCUT2D eigenvalue weighted by Gasteiger charge is -2.19. The number of rotatable bonds is 6. The number of ether oxygens (including phenoxy) is 1. The summed E-state index contributed by atoms with van der Waals surface area (Å²) in [6, 6.07) is 7.24. The number of hydrogen-bond donors (Lipinski definition) is 0.